The van der Waals surface area contributed by atoms with Gasteiger partial charge in [-0.1, -0.05) is 6.07 Å². The molecule has 2 aromatic carbocycles. The molecule has 2 heterocycles. The molecule has 0 unspecified atom stereocenters. The molecule has 140 valence electrons. The molecule has 0 spiro atoms. The van der Waals surface area contributed by atoms with Crippen LogP contribution in [0, 0.1) is 0 Å². The van der Waals surface area contributed by atoms with Gasteiger partial charge in [-0.15, -0.1) is 0 Å². The Morgan fingerprint density at radius 3 is 2.67 bits per heavy atom. The van der Waals surface area contributed by atoms with Crippen molar-refractivity contribution in [3.8, 4) is 11.5 Å². The zero-order chi connectivity index (χ0) is 19.0. The highest BCUT2D eigenvalue weighted by Crippen LogP contribution is 2.38. The second-order valence-electron chi connectivity index (χ2n) is 6.81. The Bertz CT molecular complexity index is 923. The van der Waals surface area contributed by atoms with Crippen molar-refractivity contribution in [2.75, 3.05) is 32.2 Å². The van der Waals surface area contributed by atoms with Crippen molar-refractivity contribution in [1.82, 2.24) is 5.32 Å². The van der Waals surface area contributed by atoms with Gasteiger partial charge in [0, 0.05) is 18.7 Å². The molecule has 4 rings (SSSR count). The Hall–Kier alpha value is -3.02. The van der Waals surface area contributed by atoms with Gasteiger partial charge >= 0.3 is 0 Å². The van der Waals surface area contributed by atoms with Gasteiger partial charge in [0.05, 0.1) is 26.3 Å². The summed E-state index contributed by atoms with van der Waals surface area (Å²) in [5.41, 5.74) is 4.79. The Labute approximate surface area is 158 Å². The van der Waals surface area contributed by atoms with Gasteiger partial charge in [-0.05, 0) is 53.8 Å². The van der Waals surface area contributed by atoms with Gasteiger partial charge in [-0.2, -0.15) is 0 Å². The van der Waals surface area contributed by atoms with Gasteiger partial charge in [-0.3, -0.25) is 9.59 Å². The molecule has 0 atom stereocenters. The van der Waals surface area contributed by atoms with E-state index in [4.69, 9.17) is 9.47 Å². The molecule has 0 aromatic heterocycles. The third kappa shape index (κ3) is 3.12. The topological polar surface area (TPSA) is 67.9 Å². The predicted molar refractivity (Wildman–Crippen MR) is 102 cm³/mol. The number of nitrogens with one attached hydrogen (secondary N) is 1. The molecule has 0 bridgehead atoms. The van der Waals surface area contributed by atoms with Gasteiger partial charge in [0.25, 0.3) is 5.91 Å². The van der Waals surface area contributed by atoms with Gasteiger partial charge in [0.1, 0.15) is 0 Å². The number of anilines is 1. The molecule has 0 saturated carbocycles. The molecule has 0 radical (unpaired) electrons. The second kappa shape index (κ2) is 6.95. The maximum Gasteiger partial charge on any atom is 0.251 e. The minimum Gasteiger partial charge on any atom is -0.493 e. The third-order valence-electron chi connectivity index (χ3n) is 5.19. The van der Waals surface area contributed by atoms with E-state index >= 15 is 0 Å². The first kappa shape index (κ1) is 17.4. The van der Waals surface area contributed by atoms with Crippen LogP contribution in [0.25, 0.3) is 0 Å². The van der Waals surface area contributed by atoms with Gasteiger partial charge in [-0.25, -0.2) is 0 Å². The van der Waals surface area contributed by atoms with E-state index in [1.807, 2.05) is 35.2 Å². The summed E-state index contributed by atoms with van der Waals surface area (Å²) in [6.45, 7) is 1.25. The number of hydrogen-bond acceptors (Lipinski definition) is 4. The molecule has 0 aliphatic carbocycles. The first-order valence-corrected chi connectivity index (χ1v) is 9.06. The number of amides is 2. The fourth-order valence-electron chi connectivity index (χ4n) is 3.87. The molecule has 6 nitrogen and oxygen atoms in total. The van der Waals surface area contributed by atoms with Crippen LogP contribution in [-0.4, -0.2) is 39.1 Å². The maximum absolute atomic E-state index is 12.6. The molecular weight excluding hydrogens is 344 g/mol. The monoisotopic (exact) mass is 366 g/mol. The molecular formula is C21H22N2O4. The highest BCUT2D eigenvalue weighted by molar-refractivity contribution is 6.05. The van der Waals surface area contributed by atoms with E-state index < -0.39 is 0 Å². The number of carbonyl (C=O) groups excluding carboxylic acids is 2. The number of carbonyl (C=O) groups is 2. The second-order valence-corrected chi connectivity index (χ2v) is 6.81. The molecule has 2 aliphatic rings. The van der Waals surface area contributed by atoms with E-state index in [9.17, 15) is 9.59 Å². The van der Waals surface area contributed by atoms with Crippen molar-refractivity contribution in [2.45, 2.75) is 19.3 Å². The maximum atomic E-state index is 12.6. The van der Waals surface area contributed by atoms with E-state index in [1.54, 1.807) is 14.2 Å². The summed E-state index contributed by atoms with van der Waals surface area (Å²) in [6, 6.07) is 9.52. The zero-order valence-corrected chi connectivity index (χ0v) is 15.5. The van der Waals surface area contributed by atoms with E-state index in [0.29, 0.717) is 36.4 Å². The van der Waals surface area contributed by atoms with Crippen LogP contribution in [-0.2, 0) is 24.1 Å². The average Bonchev–Trinajstić information content (AvgIpc) is 3.25. The van der Waals surface area contributed by atoms with Crippen molar-refractivity contribution >= 4 is 17.5 Å². The lowest BCUT2D eigenvalue weighted by atomic mass is 10.0. The lowest BCUT2D eigenvalue weighted by molar-refractivity contribution is -0.117. The van der Waals surface area contributed by atoms with E-state index in [0.717, 1.165) is 35.3 Å². The summed E-state index contributed by atoms with van der Waals surface area (Å²) >= 11 is 0. The van der Waals surface area contributed by atoms with Gasteiger partial charge < -0.3 is 19.7 Å². The predicted octanol–water partition coefficient (Wildman–Crippen LogP) is 2.12. The van der Waals surface area contributed by atoms with Crippen molar-refractivity contribution in [2.24, 2.45) is 0 Å². The molecule has 2 amide bonds. The smallest absolute Gasteiger partial charge is 0.251 e. The quantitative estimate of drug-likeness (QED) is 0.850. The fourth-order valence-corrected chi connectivity index (χ4v) is 3.87. The molecule has 2 aromatic rings. The zero-order valence-electron chi connectivity index (χ0n) is 15.5. The first-order valence-electron chi connectivity index (χ1n) is 9.06. The Balaban J connectivity index is 1.41. The molecule has 27 heavy (non-hydrogen) atoms. The molecule has 0 fully saturated rings. The number of nitrogens with zero attached hydrogens (tertiary/aromatic N) is 1. The number of hydrogen-bond donors (Lipinski definition) is 1. The standard InChI is InChI=1S/C21H22N2O4/c1-26-17-4-3-13(9-18(17)27-2)5-7-22-21(25)16-10-14-6-8-23-19(24)12-15(11-16)20(14)23/h3-4,9-11H,5-8,12H2,1-2H3,(H,22,25). The van der Waals surface area contributed by atoms with E-state index in [2.05, 4.69) is 5.32 Å². The van der Waals surface area contributed by atoms with Gasteiger partial charge in [0.15, 0.2) is 11.5 Å². The van der Waals surface area contributed by atoms with Crippen LogP contribution in [0.5, 0.6) is 11.5 Å². The van der Waals surface area contributed by atoms with Crippen molar-refractivity contribution in [1.29, 1.82) is 0 Å². The summed E-state index contributed by atoms with van der Waals surface area (Å²) in [6.07, 6.45) is 1.91. The molecule has 0 saturated heterocycles. The fraction of sp³-hybridized carbons (Fsp3) is 0.333. The normalized spacial score (nSPS) is 14.3. The minimum atomic E-state index is -0.104. The summed E-state index contributed by atoms with van der Waals surface area (Å²) in [5, 5.41) is 2.97. The number of methoxy groups -OCH3 is 2. The Morgan fingerprint density at radius 2 is 1.89 bits per heavy atom. The Kier molecular flexibility index (Phi) is 4.48. The molecule has 6 heteroatoms. The summed E-state index contributed by atoms with van der Waals surface area (Å²) in [5.74, 6) is 1.39. The van der Waals surface area contributed by atoms with Gasteiger partial charge in [0.2, 0.25) is 5.91 Å². The number of rotatable bonds is 6. The molecule has 1 N–H and O–H groups in total. The highest BCUT2D eigenvalue weighted by atomic mass is 16.5. The van der Waals surface area contributed by atoms with Crippen LogP contribution < -0.4 is 19.7 Å². The minimum absolute atomic E-state index is 0.104. The molecule has 2 aliphatic heterocycles. The highest BCUT2D eigenvalue weighted by Gasteiger charge is 2.34. The average molecular weight is 366 g/mol. The lowest BCUT2D eigenvalue weighted by Gasteiger charge is -2.11. The summed E-state index contributed by atoms with van der Waals surface area (Å²) in [7, 11) is 3.21. The number of benzene rings is 2. The summed E-state index contributed by atoms with van der Waals surface area (Å²) in [4.78, 5) is 26.4. The van der Waals surface area contributed by atoms with Crippen LogP contribution in [0.1, 0.15) is 27.0 Å². The largest absolute Gasteiger partial charge is 0.493 e. The van der Waals surface area contributed by atoms with Crippen LogP contribution in [0.2, 0.25) is 0 Å². The lowest BCUT2D eigenvalue weighted by Crippen LogP contribution is -2.26. The first-order chi connectivity index (χ1) is 13.1. The summed E-state index contributed by atoms with van der Waals surface area (Å²) < 4.78 is 10.5. The van der Waals surface area contributed by atoms with Crippen molar-refractivity contribution in [3.05, 3.63) is 52.6 Å². The van der Waals surface area contributed by atoms with Crippen LogP contribution in [0.15, 0.2) is 30.3 Å². The van der Waals surface area contributed by atoms with E-state index in [-0.39, 0.29) is 11.8 Å². The van der Waals surface area contributed by atoms with Crippen LogP contribution in [0.3, 0.4) is 0 Å². The van der Waals surface area contributed by atoms with Crippen LogP contribution in [0.4, 0.5) is 5.69 Å². The van der Waals surface area contributed by atoms with E-state index in [1.165, 1.54) is 0 Å². The Morgan fingerprint density at radius 1 is 1.11 bits per heavy atom. The number of ether oxygens (including phenoxy) is 2. The van der Waals surface area contributed by atoms with Crippen molar-refractivity contribution in [3.63, 3.8) is 0 Å². The SMILES string of the molecule is COc1ccc(CCNC(=O)c2cc3c4c(c2)CC(=O)N4CC3)cc1OC. The third-order valence-corrected chi connectivity index (χ3v) is 5.19. The van der Waals surface area contributed by atoms with Crippen molar-refractivity contribution < 1.29 is 19.1 Å². The van der Waals surface area contributed by atoms with Crippen LogP contribution >= 0.6 is 0 Å².